The second-order valence-corrected chi connectivity index (χ2v) is 5.98. The van der Waals surface area contributed by atoms with Crippen molar-refractivity contribution in [3.05, 3.63) is 47.8 Å². The molecule has 126 valence electrons. The Morgan fingerprint density at radius 1 is 1.21 bits per heavy atom. The van der Waals surface area contributed by atoms with Gasteiger partial charge in [0.15, 0.2) is 0 Å². The van der Waals surface area contributed by atoms with Gasteiger partial charge in [-0.2, -0.15) is 5.10 Å². The molecule has 7 nitrogen and oxygen atoms in total. The van der Waals surface area contributed by atoms with Gasteiger partial charge in [-0.15, -0.1) is 0 Å². The number of nitrogens with zero attached hydrogens (tertiary/aromatic N) is 3. The predicted molar refractivity (Wildman–Crippen MR) is 89.3 cm³/mol. The molecule has 1 saturated heterocycles. The number of primary amides is 1. The molecular formula is C17H21N5O2. The standard InChI is InChI=1S/C17H21N5O2/c18-9-12-10-20-22(11-12)15-4-2-1-3-14(15)17(24)21-7-5-13(6-8-21)16(19)23/h1-4,10-11,13H,5-9,18H2,(H2,19,23). The Bertz CT molecular complexity index is 747. The fourth-order valence-electron chi connectivity index (χ4n) is 2.99. The first-order valence-corrected chi connectivity index (χ1v) is 8.01. The first kappa shape index (κ1) is 16.2. The highest BCUT2D eigenvalue weighted by Gasteiger charge is 2.27. The van der Waals surface area contributed by atoms with Crippen molar-refractivity contribution in [2.75, 3.05) is 13.1 Å². The van der Waals surface area contributed by atoms with Gasteiger partial charge < -0.3 is 16.4 Å². The van der Waals surface area contributed by atoms with Gasteiger partial charge in [0, 0.05) is 37.3 Å². The smallest absolute Gasteiger partial charge is 0.256 e. The Balaban J connectivity index is 1.82. The maximum Gasteiger partial charge on any atom is 0.256 e. The number of aromatic nitrogens is 2. The minimum absolute atomic E-state index is 0.0571. The van der Waals surface area contributed by atoms with E-state index in [1.54, 1.807) is 21.8 Å². The zero-order chi connectivity index (χ0) is 17.1. The lowest BCUT2D eigenvalue weighted by molar-refractivity contribution is -0.123. The molecule has 2 heterocycles. The number of hydrogen-bond acceptors (Lipinski definition) is 4. The summed E-state index contributed by atoms with van der Waals surface area (Å²) >= 11 is 0. The largest absolute Gasteiger partial charge is 0.369 e. The molecule has 0 aliphatic carbocycles. The van der Waals surface area contributed by atoms with Crippen molar-refractivity contribution >= 4 is 11.8 Å². The summed E-state index contributed by atoms with van der Waals surface area (Å²) in [6.45, 7) is 1.47. The van der Waals surface area contributed by atoms with E-state index in [2.05, 4.69) is 5.10 Å². The van der Waals surface area contributed by atoms with Gasteiger partial charge in [-0.25, -0.2) is 4.68 Å². The number of carbonyl (C=O) groups is 2. The maximum absolute atomic E-state index is 12.9. The van der Waals surface area contributed by atoms with Crippen LogP contribution in [0, 0.1) is 5.92 Å². The van der Waals surface area contributed by atoms with Crippen molar-refractivity contribution in [3.63, 3.8) is 0 Å². The number of piperidine rings is 1. The van der Waals surface area contributed by atoms with Crippen molar-refractivity contribution < 1.29 is 9.59 Å². The second kappa shape index (κ2) is 6.84. The lowest BCUT2D eigenvalue weighted by Gasteiger charge is -2.31. The number of hydrogen-bond donors (Lipinski definition) is 2. The predicted octanol–water partition coefficient (Wildman–Crippen LogP) is 0.669. The summed E-state index contributed by atoms with van der Waals surface area (Å²) in [6.07, 6.45) is 4.75. The van der Waals surface area contributed by atoms with Crippen LogP contribution in [0.4, 0.5) is 0 Å². The third-order valence-corrected chi connectivity index (χ3v) is 4.44. The third-order valence-electron chi connectivity index (χ3n) is 4.44. The Morgan fingerprint density at radius 2 is 1.92 bits per heavy atom. The van der Waals surface area contributed by atoms with Crippen molar-refractivity contribution in [1.29, 1.82) is 0 Å². The van der Waals surface area contributed by atoms with Crippen molar-refractivity contribution in [2.45, 2.75) is 19.4 Å². The minimum atomic E-state index is -0.284. The summed E-state index contributed by atoms with van der Waals surface area (Å²) in [4.78, 5) is 25.9. The van der Waals surface area contributed by atoms with E-state index in [0.717, 1.165) is 11.3 Å². The highest BCUT2D eigenvalue weighted by Crippen LogP contribution is 2.21. The van der Waals surface area contributed by atoms with Crippen LogP contribution in [0.1, 0.15) is 28.8 Å². The molecule has 3 rings (SSSR count). The number of nitrogens with two attached hydrogens (primary N) is 2. The normalized spacial score (nSPS) is 15.5. The number of amides is 2. The van der Waals surface area contributed by atoms with Gasteiger partial charge in [-0.1, -0.05) is 12.1 Å². The summed E-state index contributed by atoms with van der Waals surface area (Å²) in [5.74, 6) is -0.478. The van der Waals surface area contributed by atoms with Crippen LogP contribution in [0.25, 0.3) is 5.69 Å². The first-order chi connectivity index (χ1) is 11.6. The number of benzene rings is 1. The quantitative estimate of drug-likeness (QED) is 0.860. The zero-order valence-corrected chi connectivity index (χ0v) is 13.4. The summed E-state index contributed by atoms with van der Waals surface area (Å²) < 4.78 is 1.67. The van der Waals surface area contributed by atoms with Gasteiger partial charge in [0.05, 0.1) is 17.4 Å². The van der Waals surface area contributed by atoms with Gasteiger partial charge in [-0.05, 0) is 25.0 Å². The van der Waals surface area contributed by atoms with E-state index in [1.807, 2.05) is 24.4 Å². The SMILES string of the molecule is NCc1cnn(-c2ccccc2C(=O)N2CCC(C(N)=O)CC2)c1. The lowest BCUT2D eigenvalue weighted by atomic mass is 9.95. The molecule has 1 aromatic heterocycles. The van der Waals surface area contributed by atoms with E-state index in [9.17, 15) is 9.59 Å². The van der Waals surface area contributed by atoms with Gasteiger partial charge in [0.1, 0.15) is 0 Å². The molecule has 0 unspecified atom stereocenters. The average molecular weight is 327 g/mol. The first-order valence-electron chi connectivity index (χ1n) is 8.01. The molecule has 7 heteroatoms. The average Bonchev–Trinajstić information content (AvgIpc) is 3.10. The van der Waals surface area contributed by atoms with Gasteiger partial charge in [0.25, 0.3) is 5.91 Å². The molecule has 4 N–H and O–H groups in total. The maximum atomic E-state index is 12.9. The highest BCUT2D eigenvalue weighted by atomic mass is 16.2. The van der Waals surface area contributed by atoms with Crippen LogP contribution in [-0.4, -0.2) is 39.6 Å². The summed E-state index contributed by atoms with van der Waals surface area (Å²) in [5, 5.41) is 4.29. The van der Waals surface area contributed by atoms with Crippen molar-refractivity contribution in [3.8, 4) is 5.69 Å². The molecular weight excluding hydrogens is 306 g/mol. The van der Waals surface area contributed by atoms with E-state index in [4.69, 9.17) is 11.5 Å². The molecule has 0 bridgehead atoms. The number of carbonyl (C=O) groups excluding carboxylic acids is 2. The number of rotatable bonds is 4. The van der Waals surface area contributed by atoms with Crippen LogP contribution in [-0.2, 0) is 11.3 Å². The molecule has 24 heavy (non-hydrogen) atoms. The number of likely N-dealkylation sites (tertiary alicyclic amines) is 1. The molecule has 2 aromatic rings. The van der Waals surface area contributed by atoms with Gasteiger partial charge >= 0.3 is 0 Å². The monoisotopic (exact) mass is 327 g/mol. The molecule has 2 amide bonds. The minimum Gasteiger partial charge on any atom is -0.369 e. The Morgan fingerprint density at radius 3 is 2.54 bits per heavy atom. The molecule has 1 aliphatic rings. The van der Waals surface area contributed by atoms with E-state index in [0.29, 0.717) is 38.0 Å². The summed E-state index contributed by atoms with van der Waals surface area (Å²) in [7, 11) is 0. The molecule has 1 aromatic carbocycles. The van der Waals surface area contributed by atoms with Crippen molar-refractivity contribution in [2.24, 2.45) is 17.4 Å². The molecule has 0 atom stereocenters. The molecule has 1 aliphatic heterocycles. The topological polar surface area (TPSA) is 107 Å². The van der Waals surface area contributed by atoms with Crippen LogP contribution in [0.5, 0.6) is 0 Å². The molecule has 0 saturated carbocycles. The number of para-hydroxylation sites is 1. The van der Waals surface area contributed by atoms with E-state index in [1.165, 1.54) is 0 Å². The van der Waals surface area contributed by atoms with E-state index < -0.39 is 0 Å². The van der Waals surface area contributed by atoms with E-state index in [-0.39, 0.29) is 17.7 Å². The molecule has 1 fully saturated rings. The molecule has 0 radical (unpaired) electrons. The summed E-state index contributed by atoms with van der Waals surface area (Å²) in [6, 6.07) is 7.35. The van der Waals surface area contributed by atoms with Crippen LogP contribution < -0.4 is 11.5 Å². The third kappa shape index (κ3) is 3.16. The fourth-order valence-corrected chi connectivity index (χ4v) is 2.99. The van der Waals surface area contributed by atoms with Crippen LogP contribution >= 0.6 is 0 Å². The Kier molecular flexibility index (Phi) is 4.61. The zero-order valence-electron chi connectivity index (χ0n) is 13.4. The second-order valence-electron chi connectivity index (χ2n) is 5.98. The van der Waals surface area contributed by atoms with Crippen molar-refractivity contribution in [1.82, 2.24) is 14.7 Å². The van der Waals surface area contributed by atoms with E-state index >= 15 is 0 Å². The van der Waals surface area contributed by atoms with Gasteiger partial charge in [0.2, 0.25) is 5.91 Å². The Hall–Kier alpha value is -2.67. The van der Waals surface area contributed by atoms with Crippen LogP contribution in [0.15, 0.2) is 36.7 Å². The Labute approximate surface area is 140 Å². The fraction of sp³-hybridized carbons (Fsp3) is 0.353. The lowest BCUT2D eigenvalue weighted by Crippen LogP contribution is -2.42. The highest BCUT2D eigenvalue weighted by molar-refractivity contribution is 5.98. The summed E-state index contributed by atoms with van der Waals surface area (Å²) in [5.41, 5.74) is 13.2. The molecule has 0 spiro atoms. The van der Waals surface area contributed by atoms with Crippen LogP contribution in [0.3, 0.4) is 0 Å². The van der Waals surface area contributed by atoms with Gasteiger partial charge in [-0.3, -0.25) is 9.59 Å². The van der Waals surface area contributed by atoms with Crippen LogP contribution in [0.2, 0.25) is 0 Å².